The fraction of sp³-hybridized carbons (Fsp3) is 0.333. The number of benzene rings is 2. The number of hydrogen-bond acceptors (Lipinski definition) is 3. The van der Waals surface area contributed by atoms with Crippen LogP contribution in [0.1, 0.15) is 17.5 Å². The minimum Gasteiger partial charge on any atom is -0.507 e. The predicted octanol–water partition coefficient (Wildman–Crippen LogP) is 3.47. The molecule has 94 valence electrons. The number of phenolic OH excluding ortho intramolecular Hbond substituents is 2. The van der Waals surface area contributed by atoms with Crippen LogP contribution in [0.2, 0.25) is 0 Å². The van der Waals surface area contributed by atoms with Crippen LogP contribution in [0.15, 0.2) is 24.3 Å². The zero-order chi connectivity index (χ0) is 12.7. The first-order valence-corrected chi connectivity index (χ1v) is 7.48. The number of hydrogen-bond donors (Lipinski definition) is 2. The maximum Gasteiger partial charge on any atom is 0.127 e. The smallest absolute Gasteiger partial charge is 0.127 e. The lowest BCUT2D eigenvalue weighted by Crippen LogP contribution is -2.16. The van der Waals surface area contributed by atoms with E-state index in [9.17, 15) is 10.2 Å². The fourth-order valence-corrected chi connectivity index (χ4v) is 3.52. The van der Waals surface area contributed by atoms with Crippen LogP contribution in [0.4, 0.5) is 0 Å². The van der Waals surface area contributed by atoms with Gasteiger partial charge in [0.1, 0.15) is 11.5 Å². The van der Waals surface area contributed by atoms with Crippen molar-refractivity contribution in [1.82, 2.24) is 0 Å². The van der Waals surface area contributed by atoms with Gasteiger partial charge in [-0.15, -0.1) is 0 Å². The van der Waals surface area contributed by atoms with Gasteiger partial charge in [0.25, 0.3) is 0 Å². The average molecular weight is 260 g/mol. The summed E-state index contributed by atoms with van der Waals surface area (Å²) in [5, 5.41) is 22.8. The summed E-state index contributed by atoms with van der Waals surface area (Å²) in [5.74, 6) is 0.718. The summed E-state index contributed by atoms with van der Waals surface area (Å²) >= 11 is 1.84. The molecule has 3 heteroatoms. The van der Waals surface area contributed by atoms with Crippen molar-refractivity contribution >= 4 is 22.5 Å². The van der Waals surface area contributed by atoms with E-state index in [1.54, 1.807) is 0 Å². The second kappa shape index (κ2) is 4.39. The van der Waals surface area contributed by atoms with E-state index in [-0.39, 0.29) is 0 Å². The minimum absolute atomic E-state index is 0.358. The third-order valence-electron chi connectivity index (χ3n) is 3.85. The normalized spacial score (nSPS) is 18.8. The van der Waals surface area contributed by atoms with Gasteiger partial charge in [-0.05, 0) is 25.5 Å². The molecule has 18 heavy (non-hydrogen) atoms. The Morgan fingerprint density at radius 1 is 1.06 bits per heavy atom. The van der Waals surface area contributed by atoms with Crippen LogP contribution in [0.25, 0.3) is 10.8 Å². The van der Waals surface area contributed by atoms with E-state index in [0.29, 0.717) is 16.7 Å². The topological polar surface area (TPSA) is 40.5 Å². The van der Waals surface area contributed by atoms with E-state index < -0.39 is 0 Å². The summed E-state index contributed by atoms with van der Waals surface area (Å²) in [6.07, 6.45) is 4.87. The van der Waals surface area contributed by atoms with Crippen LogP contribution in [-0.2, 0) is 12.8 Å². The van der Waals surface area contributed by atoms with Gasteiger partial charge >= 0.3 is 0 Å². The van der Waals surface area contributed by atoms with Gasteiger partial charge in [-0.25, -0.2) is 0 Å². The lowest BCUT2D eigenvalue weighted by Gasteiger charge is -2.25. The minimum atomic E-state index is 0.358. The van der Waals surface area contributed by atoms with Crippen LogP contribution in [0.3, 0.4) is 0 Å². The molecule has 0 aliphatic heterocycles. The predicted molar refractivity (Wildman–Crippen MR) is 76.6 cm³/mol. The summed E-state index contributed by atoms with van der Waals surface area (Å²) in [6, 6.07) is 7.52. The molecule has 0 amide bonds. The highest BCUT2D eigenvalue weighted by atomic mass is 32.2. The van der Waals surface area contributed by atoms with E-state index in [1.165, 1.54) is 0 Å². The van der Waals surface area contributed by atoms with Gasteiger partial charge < -0.3 is 10.2 Å². The van der Waals surface area contributed by atoms with Gasteiger partial charge in [-0.1, -0.05) is 24.3 Å². The maximum atomic E-state index is 10.4. The standard InChI is InChI=1S/C15H16O2S/c1-18-9-6-7-12-13(8-9)15(17)11-5-3-2-4-10(11)14(12)16/h2-5,9,16-17H,6-8H2,1H3. The zero-order valence-electron chi connectivity index (χ0n) is 10.3. The zero-order valence-corrected chi connectivity index (χ0v) is 11.1. The molecule has 0 saturated carbocycles. The van der Waals surface area contributed by atoms with E-state index in [2.05, 4.69) is 6.26 Å². The van der Waals surface area contributed by atoms with Crippen LogP contribution in [-0.4, -0.2) is 21.7 Å². The Kier molecular flexibility index (Phi) is 2.86. The molecule has 0 radical (unpaired) electrons. The molecule has 2 nitrogen and oxygen atoms in total. The summed E-state index contributed by atoms with van der Waals surface area (Å²) in [6.45, 7) is 0. The molecule has 0 saturated heterocycles. The molecule has 2 aromatic rings. The molecule has 1 aliphatic carbocycles. The first-order valence-electron chi connectivity index (χ1n) is 6.19. The van der Waals surface area contributed by atoms with E-state index in [1.807, 2.05) is 36.0 Å². The first kappa shape index (κ1) is 11.7. The first-order chi connectivity index (χ1) is 8.72. The highest BCUT2D eigenvalue weighted by molar-refractivity contribution is 7.99. The third-order valence-corrected chi connectivity index (χ3v) is 4.92. The number of aromatic hydroxyl groups is 2. The SMILES string of the molecule is CSC1CCc2c(c(O)c3ccccc3c2O)C1. The van der Waals surface area contributed by atoms with Gasteiger partial charge in [-0.3, -0.25) is 0 Å². The maximum absolute atomic E-state index is 10.4. The van der Waals surface area contributed by atoms with Crippen molar-refractivity contribution < 1.29 is 10.2 Å². The molecule has 0 spiro atoms. The van der Waals surface area contributed by atoms with Crippen LogP contribution in [0.5, 0.6) is 11.5 Å². The summed E-state index contributed by atoms with van der Waals surface area (Å²) < 4.78 is 0. The number of rotatable bonds is 1. The summed E-state index contributed by atoms with van der Waals surface area (Å²) in [7, 11) is 0. The van der Waals surface area contributed by atoms with Crippen LogP contribution in [0, 0.1) is 0 Å². The number of fused-ring (bicyclic) bond motifs is 2. The lowest BCUT2D eigenvalue weighted by molar-refractivity contribution is 0.450. The van der Waals surface area contributed by atoms with Crippen LogP contribution < -0.4 is 0 Å². The molecule has 0 heterocycles. The van der Waals surface area contributed by atoms with Gasteiger partial charge in [0.05, 0.1) is 0 Å². The van der Waals surface area contributed by atoms with E-state index in [4.69, 9.17) is 0 Å². The molecular weight excluding hydrogens is 244 g/mol. The van der Waals surface area contributed by atoms with Gasteiger partial charge in [0.2, 0.25) is 0 Å². The molecule has 2 aromatic carbocycles. The fourth-order valence-electron chi connectivity index (χ4n) is 2.83. The van der Waals surface area contributed by atoms with Gasteiger partial charge in [0, 0.05) is 27.1 Å². The highest BCUT2D eigenvalue weighted by Crippen LogP contribution is 2.44. The molecule has 1 unspecified atom stereocenters. The van der Waals surface area contributed by atoms with Crippen molar-refractivity contribution in [3.63, 3.8) is 0 Å². The monoisotopic (exact) mass is 260 g/mol. The van der Waals surface area contributed by atoms with Crippen molar-refractivity contribution in [2.75, 3.05) is 6.26 Å². The number of phenols is 2. The third kappa shape index (κ3) is 1.65. The van der Waals surface area contributed by atoms with Gasteiger partial charge in [0.15, 0.2) is 0 Å². The molecule has 1 aliphatic rings. The van der Waals surface area contributed by atoms with E-state index >= 15 is 0 Å². The Hall–Kier alpha value is -1.35. The molecule has 1 atom stereocenters. The van der Waals surface area contributed by atoms with Crippen molar-refractivity contribution in [2.24, 2.45) is 0 Å². The van der Waals surface area contributed by atoms with Crippen molar-refractivity contribution in [3.05, 3.63) is 35.4 Å². The number of thioether (sulfide) groups is 1. The summed E-state index contributed by atoms with van der Waals surface area (Å²) in [4.78, 5) is 0. The van der Waals surface area contributed by atoms with Crippen molar-refractivity contribution in [1.29, 1.82) is 0 Å². The highest BCUT2D eigenvalue weighted by Gasteiger charge is 2.25. The quantitative estimate of drug-likeness (QED) is 0.771. The second-order valence-corrected chi connectivity index (χ2v) is 5.94. The Morgan fingerprint density at radius 2 is 1.67 bits per heavy atom. The Balaban J connectivity index is 2.27. The summed E-state index contributed by atoms with van der Waals surface area (Å²) in [5.41, 5.74) is 1.88. The molecule has 0 fully saturated rings. The molecule has 3 rings (SSSR count). The molecule has 0 aromatic heterocycles. The Labute approximate surface area is 111 Å². The van der Waals surface area contributed by atoms with E-state index in [0.717, 1.165) is 41.2 Å². The molecule has 2 N–H and O–H groups in total. The molecular formula is C15H16O2S. The van der Waals surface area contributed by atoms with Crippen molar-refractivity contribution in [2.45, 2.75) is 24.5 Å². The van der Waals surface area contributed by atoms with Crippen molar-refractivity contribution in [3.8, 4) is 11.5 Å². The van der Waals surface area contributed by atoms with Crippen LogP contribution >= 0.6 is 11.8 Å². The average Bonchev–Trinajstić information content (AvgIpc) is 2.44. The largest absolute Gasteiger partial charge is 0.507 e. The second-order valence-electron chi connectivity index (χ2n) is 4.80. The lowest BCUT2D eigenvalue weighted by atomic mass is 9.87. The Bertz CT molecular complexity index is 607. The Morgan fingerprint density at radius 3 is 2.28 bits per heavy atom. The van der Waals surface area contributed by atoms with Gasteiger partial charge in [-0.2, -0.15) is 11.8 Å². The molecule has 0 bridgehead atoms.